The molecule has 2 heterocycles. The lowest BCUT2D eigenvalue weighted by atomic mass is 9.93. The highest BCUT2D eigenvalue weighted by Crippen LogP contribution is 2.35. The summed E-state index contributed by atoms with van der Waals surface area (Å²) < 4.78 is 19.9. The van der Waals surface area contributed by atoms with Crippen LogP contribution in [0.15, 0.2) is 65.9 Å². The number of nitrogens with zero attached hydrogens (tertiary/aromatic N) is 2. The molecule has 29 heavy (non-hydrogen) atoms. The Bertz CT molecular complexity index is 955. The monoisotopic (exact) mass is 395 g/mol. The molecule has 1 fully saturated rings. The van der Waals surface area contributed by atoms with Crippen LogP contribution in [-0.4, -0.2) is 43.1 Å². The van der Waals surface area contributed by atoms with Crippen LogP contribution in [0.2, 0.25) is 0 Å². The van der Waals surface area contributed by atoms with Gasteiger partial charge in [0.05, 0.1) is 30.5 Å². The first kappa shape index (κ1) is 19.1. The molecule has 2 aliphatic rings. The average molecular weight is 395 g/mol. The molecule has 2 aromatic rings. The van der Waals surface area contributed by atoms with E-state index in [0.29, 0.717) is 43.3 Å². The maximum atomic E-state index is 14.6. The molecule has 7 heteroatoms. The summed E-state index contributed by atoms with van der Waals surface area (Å²) in [6.45, 7) is 3.55. The maximum absolute atomic E-state index is 14.6. The van der Waals surface area contributed by atoms with Gasteiger partial charge in [0.15, 0.2) is 0 Å². The fraction of sp³-hybridized carbons (Fsp3) is 0.273. The molecule has 0 spiro atoms. The molecule has 0 saturated carbocycles. The van der Waals surface area contributed by atoms with Crippen molar-refractivity contribution in [3.63, 3.8) is 0 Å². The molecule has 3 amide bonds. The predicted octanol–water partition coefficient (Wildman–Crippen LogP) is 3.23. The summed E-state index contributed by atoms with van der Waals surface area (Å²) in [5, 5.41) is 2.83. The minimum atomic E-state index is -0.862. The van der Waals surface area contributed by atoms with Gasteiger partial charge in [-0.1, -0.05) is 36.4 Å². The molecule has 0 aliphatic carbocycles. The maximum Gasteiger partial charge on any atom is 0.327 e. The summed E-state index contributed by atoms with van der Waals surface area (Å²) in [5.74, 6) is -0.689. The van der Waals surface area contributed by atoms with Crippen LogP contribution in [0.5, 0.6) is 0 Å². The van der Waals surface area contributed by atoms with Gasteiger partial charge >= 0.3 is 6.03 Å². The van der Waals surface area contributed by atoms with E-state index in [1.807, 2.05) is 18.2 Å². The topological polar surface area (TPSA) is 61.9 Å². The Hall–Kier alpha value is -3.19. The predicted molar refractivity (Wildman–Crippen MR) is 107 cm³/mol. The molecule has 1 N–H and O–H groups in total. The molecule has 0 radical (unpaired) electrons. The third kappa shape index (κ3) is 3.61. The fourth-order valence-electron chi connectivity index (χ4n) is 3.79. The zero-order valence-corrected chi connectivity index (χ0v) is 16.1. The van der Waals surface area contributed by atoms with E-state index < -0.39 is 17.9 Å². The van der Waals surface area contributed by atoms with Gasteiger partial charge in [0.1, 0.15) is 5.82 Å². The van der Waals surface area contributed by atoms with E-state index in [4.69, 9.17) is 4.74 Å². The van der Waals surface area contributed by atoms with Crippen molar-refractivity contribution in [3.8, 4) is 0 Å². The van der Waals surface area contributed by atoms with Gasteiger partial charge < -0.3 is 15.0 Å². The van der Waals surface area contributed by atoms with E-state index in [1.54, 1.807) is 42.2 Å². The van der Waals surface area contributed by atoms with Gasteiger partial charge in [-0.15, -0.1) is 0 Å². The number of morpholine rings is 1. The van der Waals surface area contributed by atoms with E-state index in [1.165, 1.54) is 11.0 Å². The van der Waals surface area contributed by atoms with Gasteiger partial charge in [-0.05, 0) is 25.1 Å². The van der Waals surface area contributed by atoms with Crippen LogP contribution in [0.3, 0.4) is 0 Å². The molecule has 2 aliphatic heterocycles. The zero-order valence-electron chi connectivity index (χ0n) is 16.1. The van der Waals surface area contributed by atoms with Crippen LogP contribution < -0.4 is 10.2 Å². The Morgan fingerprint density at radius 3 is 2.41 bits per heavy atom. The van der Waals surface area contributed by atoms with Crippen LogP contribution >= 0.6 is 0 Å². The highest BCUT2D eigenvalue weighted by atomic mass is 19.1. The van der Waals surface area contributed by atoms with Crippen molar-refractivity contribution in [1.82, 2.24) is 10.2 Å². The van der Waals surface area contributed by atoms with Crippen LogP contribution in [0.1, 0.15) is 18.5 Å². The van der Waals surface area contributed by atoms with E-state index >= 15 is 0 Å². The Kier molecular flexibility index (Phi) is 5.31. The number of anilines is 1. The van der Waals surface area contributed by atoms with Crippen molar-refractivity contribution in [2.24, 2.45) is 0 Å². The van der Waals surface area contributed by atoms with Crippen molar-refractivity contribution in [3.05, 3.63) is 77.2 Å². The molecule has 6 nitrogen and oxygen atoms in total. The van der Waals surface area contributed by atoms with Gasteiger partial charge in [-0.25, -0.2) is 9.18 Å². The standard InChI is InChI=1S/C22H22FN3O3/c1-15-19(21(27)25-11-13-29-14-12-25)20(17-9-5-6-10-18(17)23)24-22(28)26(15)16-7-3-2-4-8-16/h2-10,20H,11-14H2,1H3,(H,24,28). The van der Waals surface area contributed by atoms with Crippen molar-refractivity contribution in [2.45, 2.75) is 13.0 Å². The molecule has 0 bridgehead atoms. The SMILES string of the molecule is CC1=C(C(=O)N2CCOCC2)C(c2ccccc2F)NC(=O)N1c1ccccc1. The Morgan fingerprint density at radius 2 is 1.72 bits per heavy atom. The lowest BCUT2D eigenvalue weighted by Crippen LogP contribution is -2.51. The molecule has 1 unspecified atom stereocenters. The zero-order chi connectivity index (χ0) is 20.4. The number of hydrogen-bond acceptors (Lipinski definition) is 3. The molecule has 4 rings (SSSR count). The summed E-state index contributed by atoms with van der Waals surface area (Å²) in [6.07, 6.45) is 0. The first-order valence-corrected chi connectivity index (χ1v) is 9.56. The second-order valence-corrected chi connectivity index (χ2v) is 6.98. The van der Waals surface area contributed by atoms with Crippen molar-refractivity contribution in [2.75, 3.05) is 31.2 Å². The minimum Gasteiger partial charge on any atom is -0.378 e. The number of para-hydroxylation sites is 1. The summed E-state index contributed by atoms with van der Waals surface area (Å²) in [4.78, 5) is 29.6. The molecule has 1 saturated heterocycles. The molecular formula is C22H22FN3O3. The van der Waals surface area contributed by atoms with Crippen LogP contribution in [0.4, 0.5) is 14.9 Å². The van der Waals surface area contributed by atoms with E-state index in [-0.39, 0.29) is 11.5 Å². The van der Waals surface area contributed by atoms with Gasteiger partial charge in [-0.3, -0.25) is 9.69 Å². The minimum absolute atomic E-state index is 0.222. The molecular weight excluding hydrogens is 373 g/mol. The van der Waals surface area contributed by atoms with E-state index in [9.17, 15) is 14.0 Å². The number of carbonyl (C=O) groups excluding carboxylic acids is 2. The van der Waals surface area contributed by atoms with E-state index in [0.717, 1.165) is 0 Å². The smallest absolute Gasteiger partial charge is 0.327 e. The van der Waals surface area contributed by atoms with Crippen LogP contribution in [0, 0.1) is 5.82 Å². The Labute approximate surface area is 168 Å². The molecule has 2 aromatic carbocycles. The number of hydrogen-bond donors (Lipinski definition) is 1. The van der Waals surface area contributed by atoms with Gasteiger partial charge in [-0.2, -0.15) is 0 Å². The number of rotatable bonds is 3. The van der Waals surface area contributed by atoms with Gasteiger partial charge in [0.2, 0.25) is 0 Å². The second-order valence-electron chi connectivity index (χ2n) is 6.98. The number of urea groups is 1. The summed E-state index contributed by atoms with van der Waals surface area (Å²) >= 11 is 0. The molecule has 0 aromatic heterocycles. The summed E-state index contributed by atoms with van der Waals surface area (Å²) in [7, 11) is 0. The normalized spacial score (nSPS) is 19.9. The Balaban J connectivity index is 1.83. The first-order valence-electron chi connectivity index (χ1n) is 9.56. The van der Waals surface area contributed by atoms with Gasteiger partial charge in [0.25, 0.3) is 5.91 Å². The fourth-order valence-corrected chi connectivity index (χ4v) is 3.79. The highest BCUT2D eigenvalue weighted by molar-refractivity contribution is 6.04. The summed E-state index contributed by atoms with van der Waals surface area (Å²) in [6, 6.07) is 14.0. The van der Waals surface area contributed by atoms with Crippen molar-refractivity contribution < 1.29 is 18.7 Å². The number of allylic oxidation sites excluding steroid dienone is 1. The second kappa shape index (κ2) is 8.05. The molecule has 1 atom stereocenters. The first-order chi connectivity index (χ1) is 14.1. The van der Waals surface area contributed by atoms with Crippen LogP contribution in [0.25, 0.3) is 0 Å². The summed E-state index contributed by atoms with van der Waals surface area (Å²) in [5.41, 5.74) is 1.76. The van der Waals surface area contributed by atoms with Gasteiger partial charge in [0, 0.05) is 24.4 Å². The number of benzene rings is 2. The number of amides is 3. The van der Waals surface area contributed by atoms with Crippen molar-refractivity contribution in [1.29, 1.82) is 0 Å². The largest absolute Gasteiger partial charge is 0.378 e. The van der Waals surface area contributed by atoms with E-state index in [2.05, 4.69) is 5.32 Å². The number of carbonyl (C=O) groups is 2. The third-order valence-electron chi connectivity index (χ3n) is 5.24. The Morgan fingerprint density at radius 1 is 1.07 bits per heavy atom. The lowest BCUT2D eigenvalue weighted by Gasteiger charge is -2.38. The highest BCUT2D eigenvalue weighted by Gasteiger charge is 2.39. The lowest BCUT2D eigenvalue weighted by molar-refractivity contribution is -0.131. The number of halogens is 1. The van der Waals surface area contributed by atoms with Crippen molar-refractivity contribution >= 4 is 17.6 Å². The quantitative estimate of drug-likeness (QED) is 0.868. The average Bonchev–Trinajstić information content (AvgIpc) is 2.75. The number of nitrogens with one attached hydrogen (secondary N) is 1. The molecule has 150 valence electrons. The third-order valence-corrected chi connectivity index (χ3v) is 5.24. The van der Waals surface area contributed by atoms with Crippen LogP contribution in [-0.2, 0) is 9.53 Å². The number of ether oxygens (including phenoxy) is 1.